The average molecular weight is 579 g/mol. The van der Waals surface area contributed by atoms with Gasteiger partial charge in [0.15, 0.2) is 0 Å². The number of H-pyrrole nitrogens is 1. The quantitative estimate of drug-likeness (QED) is 0.314. The molecule has 0 radical (unpaired) electrons. The second kappa shape index (κ2) is 12.4. The van der Waals surface area contributed by atoms with Crippen molar-refractivity contribution in [2.75, 3.05) is 38.0 Å². The van der Waals surface area contributed by atoms with Crippen molar-refractivity contribution in [3.8, 4) is 0 Å². The topological polar surface area (TPSA) is 88.7 Å². The van der Waals surface area contributed by atoms with E-state index < -0.39 is 46.2 Å². The van der Waals surface area contributed by atoms with E-state index in [2.05, 4.69) is 15.2 Å². The van der Waals surface area contributed by atoms with Gasteiger partial charge in [-0.25, -0.2) is 4.39 Å². The molecule has 2 fully saturated rings. The van der Waals surface area contributed by atoms with Gasteiger partial charge in [-0.2, -0.15) is 13.2 Å². The summed E-state index contributed by atoms with van der Waals surface area (Å²) in [5, 5.41) is 13.8. The molecular weight excluding hydrogens is 540 g/mol. The van der Waals surface area contributed by atoms with E-state index in [1.54, 1.807) is 0 Å². The zero-order valence-electron chi connectivity index (χ0n) is 23.8. The maximum atomic E-state index is 14.4. The lowest BCUT2D eigenvalue weighted by Gasteiger charge is -2.35. The second-order valence-electron chi connectivity index (χ2n) is 10.8. The molecule has 5 rings (SSSR count). The number of likely N-dealkylation sites (tertiary alicyclic amines) is 2. The monoisotopic (exact) mass is 578 g/mol. The fraction of sp³-hybridized carbons (Fsp3) is 0.533. The number of hydrogen-bond acceptors (Lipinski definition) is 4. The van der Waals surface area contributed by atoms with Crippen LogP contribution in [0.1, 0.15) is 85.2 Å². The number of rotatable bonds is 4. The van der Waals surface area contributed by atoms with Crippen molar-refractivity contribution in [3.05, 3.63) is 52.1 Å². The van der Waals surface area contributed by atoms with Gasteiger partial charge in [0.2, 0.25) is 0 Å². The first-order chi connectivity index (χ1) is 19.4. The molecule has 0 bridgehead atoms. The second-order valence-corrected chi connectivity index (χ2v) is 10.8. The number of aliphatic hydroxyl groups is 1. The van der Waals surface area contributed by atoms with Crippen LogP contribution in [0.25, 0.3) is 11.6 Å². The Morgan fingerprint density at radius 3 is 2.46 bits per heavy atom. The molecule has 0 spiro atoms. The number of anilines is 1. The van der Waals surface area contributed by atoms with Gasteiger partial charge in [0, 0.05) is 36.6 Å². The molecule has 3 aliphatic rings. The molecule has 2 aromatic rings. The van der Waals surface area contributed by atoms with Crippen molar-refractivity contribution in [2.45, 2.75) is 71.1 Å². The van der Waals surface area contributed by atoms with E-state index in [0.717, 1.165) is 44.1 Å². The van der Waals surface area contributed by atoms with Crippen LogP contribution in [0, 0.1) is 12.7 Å². The van der Waals surface area contributed by atoms with E-state index in [9.17, 15) is 32.3 Å². The Morgan fingerprint density at radius 1 is 1.07 bits per heavy atom. The highest BCUT2D eigenvalue weighted by Gasteiger charge is 2.43. The predicted octanol–water partition coefficient (Wildman–Crippen LogP) is 5.84. The molecule has 224 valence electrons. The van der Waals surface area contributed by atoms with Crippen LogP contribution in [0.4, 0.5) is 23.2 Å². The van der Waals surface area contributed by atoms with Crippen molar-refractivity contribution >= 4 is 29.2 Å². The third-order valence-corrected chi connectivity index (χ3v) is 7.94. The van der Waals surface area contributed by atoms with E-state index in [4.69, 9.17) is 0 Å². The molecule has 1 unspecified atom stereocenters. The first-order valence-corrected chi connectivity index (χ1v) is 14.3. The number of piperidine rings is 1. The number of carbonyl (C=O) groups is 2. The first kappa shape index (κ1) is 30.8. The van der Waals surface area contributed by atoms with E-state index in [-0.39, 0.29) is 36.3 Å². The van der Waals surface area contributed by atoms with E-state index in [1.807, 2.05) is 13.8 Å². The number of carbonyl (C=O) groups excluding carboxylic acids is 2. The standard InChI is InChI=1S/C28H32F4N4O3.C2H6/c1-17-23(26(38)36-12-5-8-27(39,9-13-36)16-35-10-3-2-4-11-35)24(28(30,31)32)22(33-17)15-20-19-14-18(29)6-7-21(19)34-25(20)37;1-2/h6-7,14-15,33,39H,2-5,8-13,16H2,1H3,(H,34,37);1-2H3/b20-15-;. The van der Waals surface area contributed by atoms with Crippen LogP contribution < -0.4 is 5.32 Å². The number of nitrogens with one attached hydrogen (secondary N) is 2. The molecule has 2 amide bonds. The number of aromatic nitrogens is 1. The van der Waals surface area contributed by atoms with Crippen LogP contribution in [-0.2, 0) is 11.0 Å². The van der Waals surface area contributed by atoms with Crippen molar-refractivity contribution in [2.24, 2.45) is 0 Å². The maximum absolute atomic E-state index is 14.4. The van der Waals surface area contributed by atoms with Gasteiger partial charge in [0.1, 0.15) is 5.82 Å². The Hall–Kier alpha value is -3.18. The van der Waals surface area contributed by atoms with E-state index in [1.165, 1.54) is 24.3 Å². The molecule has 3 N–H and O–H groups in total. The summed E-state index contributed by atoms with van der Waals surface area (Å²) in [6.07, 6.45) is 0.661. The summed E-state index contributed by atoms with van der Waals surface area (Å²) in [4.78, 5) is 32.3. The number of aromatic amines is 1. The predicted molar refractivity (Wildman–Crippen MR) is 150 cm³/mol. The molecule has 0 aliphatic carbocycles. The van der Waals surface area contributed by atoms with Gasteiger partial charge in [-0.15, -0.1) is 0 Å². The van der Waals surface area contributed by atoms with Gasteiger partial charge in [-0.05, 0) is 76.4 Å². The zero-order valence-corrected chi connectivity index (χ0v) is 23.8. The zero-order chi connectivity index (χ0) is 29.9. The molecule has 1 atom stereocenters. The molecule has 2 saturated heterocycles. The Balaban J connectivity index is 0.00000189. The minimum Gasteiger partial charge on any atom is -0.388 e. The fourth-order valence-corrected chi connectivity index (χ4v) is 6.00. The molecule has 1 aromatic carbocycles. The van der Waals surface area contributed by atoms with Crippen LogP contribution >= 0.6 is 0 Å². The lowest BCUT2D eigenvalue weighted by molar-refractivity contribution is -0.138. The third kappa shape index (κ3) is 6.67. The number of fused-ring (bicyclic) bond motifs is 1. The van der Waals surface area contributed by atoms with E-state index in [0.29, 0.717) is 25.1 Å². The maximum Gasteiger partial charge on any atom is 0.419 e. The van der Waals surface area contributed by atoms with E-state index >= 15 is 0 Å². The summed E-state index contributed by atoms with van der Waals surface area (Å²) >= 11 is 0. The van der Waals surface area contributed by atoms with Gasteiger partial charge in [0.25, 0.3) is 11.8 Å². The first-order valence-electron chi connectivity index (χ1n) is 14.3. The molecule has 3 aliphatic heterocycles. The molecule has 11 heteroatoms. The molecule has 7 nitrogen and oxygen atoms in total. The van der Waals surface area contributed by atoms with Gasteiger partial charge in [0.05, 0.1) is 28.0 Å². The number of alkyl halides is 3. The highest BCUT2D eigenvalue weighted by Crippen LogP contribution is 2.40. The fourth-order valence-electron chi connectivity index (χ4n) is 6.00. The number of nitrogens with zero attached hydrogens (tertiary/aromatic N) is 2. The third-order valence-electron chi connectivity index (χ3n) is 7.94. The van der Waals surface area contributed by atoms with Crippen LogP contribution in [-0.4, -0.2) is 70.0 Å². The number of hydrogen-bond donors (Lipinski definition) is 3. The van der Waals surface area contributed by atoms with Gasteiger partial charge >= 0.3 is 6.18 Å². The van der Waals surface area contributed by atoms with Gasteiger partial charge in [-0.1, -0.05) is 20.3 Å². The Kier molecular flexibility index (Phi) is 9.28. The number of halogens is 4. The number of amides is 2. The summed E-state index contributed by atoms with van der Waals surface area (Å²) in [5.41, 5.74) is -2.78. The minimum absolute atomic E-state index is 0.0184. The smallest absolute Gasteiger partial charge is 0.388 e. The Bertz CT molecular complexity index is 1310. The summed E-state index contributed by atoms with van der Waals surface area (Å²) in [5.74, 6) is -2.07. The van der Waals surface area contributed by atoms with Crippen molar-refractivity contribution in [1.82, 2.24) is 14.8 Å². The summed E-state index contributed by atoms with van der Waals surface area (Å²) in [6.45, 7) is 8.07. The van der Waals surface area contributed by atoms with Crippen molar-refractivity contribution in [1.29, 1.82) is 0 Å². The lowest BCUT2D eigenvalue weighted by atomic mass is 9.93. The summed E-state index contributed by atoms with van der Waals surface area (Å²) in [6, 6.07) is 3.57. The molecule has 4 heterocycles. The minimum atomic E-state index is -4.90. The number of benzene rings is 1. The molecule has 41 heavy (non-hydrogen) atoms. The normalized spacial score (nSPS) is 22.6. The van der Waals surface area contributed by atoms with Crippen molar-refractivity contribution < 1.29 is 32.3 Å². The van der Waals surface area contributed by atoms with Crippen molar-refractivity contribution in [3.63, 3.8) is 0 Å². The lowest BCUT2D eigenvalue weighted by Crippen LogP contribution is -2.45. The summed E-state index contributed by atoms with van der Waals surface area (Å²) < 4.78 is 57.1. The van der Waals surface area contributed by atoms with Gasteiger partial charge < -0.3 is 25.2 Å². The van der Waals surface area contributed by atoms with Gasteiger partial charge in [-0.3, -0.25) is 9.59 Å². The molecule has 0 saturated carbocycles. The molecular formula is C30H38F4N4O3. The number of aryl methyl sites for hydroxylation is 1. The SMILES string of the molecule is CC.Cc1[nH]c(/C=C2\C(=O)Nc3ccc(F)cc32)c(C(F)(F)F)c1C(=O)N1CCCC(O)(CN2CCCCC2)CC1. The van der Waals surface area contributed by atoms with Crippen LogP contribution in [0.15, 0.2) is 18.2 Å². The van der Waals surface area contributed by atoms with Crippen LogP contribution in [0.2, 0.25) is 0 Å². The largest absolute Gasteiger partial charge is 0.419 e. The Morgan fingerprint density at radius 2 is 1.78 bits per heavy atom. The van der Waals surface area contributed by atoms with Crippen LogP contribution in [0.3, 0.4) is 0 Å². The number of β-amino-alcohol motifs (C(OH)–C–C–N with tert-alkyl or cyclic N) is 1. The Labute approximate surface area is 237 Å². The highest BCUT2D eigenvalue weighted by molar-refractivity contribution is 6.35. The molecule has 1 aromatic heterocycles. The highest BCUT2D eigenvalue weighted by atomic mass is 19.4. The average Bonchev–Trinajstić information content (AvgIpc) is 3.34. The summed E-state index contributed by atoms with van der Waals surface area (Å²) in [7, 11) is 0. The van der Waals surface area contributed by atoms with Crippen LogP contribution in [0.5, 0.6) is 0 Å².